The Balaban J connectivity index is 1.93. The zero-order valence-electron chi connectivity index (χ0n) is 10.8. The van der Waals surface area contributed by atoms with Crippen LogP contribution in [0.2, 0.25) is 0 Å². The Kier molecular flexibility index (Phi) is 4.60. The summed E-state index contributed by atoms with van der Waals surface area (Å²) < 4.78 is 0. The number of amides is 1. The third-order valence-electron chi connectivity index (χ3n) is 2.98. The van der Waals surface area contributed by atoms with Crippen LogP contribution >= 0.6 is 11.8 Å². The summed E-state index contributed by atoms with van der Waals surface area (Å²) in [6, 6.07) is 4.65. The Morgan fingerprint density at radius 2 is 2.39 bits per heavy atom. The van der Waals surface area contributed by atoms with Gasteiger partial charge in [-0.2, -0.15) is 0 Å². The van der Waals surface area contributed by atoms with Crippen molar-refractivity contribution in [2.24, 2.45) is 0 Å². The summed E-state index contributed by atoms with van der Waals surface area (Å²) in [4.78, 5) is 16.0. The third kappa shape index (κ3) is 3.71. The molecule has 18 heavy (non-hydrogen) atoms. The maximum absolute atomic E-state index is 11.6. The summed E-state index contributed by atoms with van der Waals surface area (Å²) in [6.07, 6.45) is 4.02. The molecule has 2 N–H and O–H groups in total. The van der Waals surface area contributed by atoms with Gasteiger partial charge in [0.05, 0.1) is 5.75 Å². The molecule has 0 radical (unpaired) electrons. The highest BCUT2D eigenvalue weighted by Gasteiger charge is 2.23. The van der Waals surface area contributed by atoms with Gasteiger partial charge in [-0.15, -0.1) is 0 Å². The summed E-state index contributed by atoms with van der Waals surface area (Å²) in [5.41, 5.74) is 1.14. The molecule has 1 heterocycles. The van der Waals surface area contributed by atoms with Gasteiger partial charge in [0, 0.05) is 23.8 Å². The molecule has 1 unspecified atom stereocenters. The standard InChI is InChI=1S/C13H19N3OS/c1-9(14-2)11-4-3-7-15-13(11)18-8-12(17)16-10-5-6-10/h3-4,7,9-10,14H,5-6,8H2,1-2H3,(H,16,17). The molecule has 5 heteroatoms. The topological polar surface area (TPSA) is 54.0 Å². The summed E-state index contributed by atoms with van der Waals surface area (Å²) in [5, 5.41) is 7.12. The minimum Gasteiger partial charge on any atom is -0.353 e. The SMILES string of the molecule is CNC(C)c1cccnc1SCC(=O)NC1CC1. The van der Waals surface area contributed by atoms with Crippen LogP contribution in [-0.4, -0.2) is 29.7 Å². The molecule has 1 aromatic rings. The highest BCUT2D eigenvalue weighted by Crippen LogP contribution is 2.25. The van der Waals surface area contributed by atoms with Crippen LogP contribution in [0.4, 0.5) is 0 Å². The van der Waals surface area contributed by atoms with Gasteiger partial charge in [0.25, 0.3) is 0 Å². The Morgan fingerprint density at radius 1 is 1.61 bits per heavy atom. The van der Waals surface area contributed by atoms with E-state index in [0.29, 0.717) is 11.8 Å². The maximum Gasteiger partial charge on any atom is 0.230 e. The van der Waals surface area contributed by atoms with Gasteiger partial charge in [-0.05, 0) is 32.9 Å². The largest absolute Gasteiger partial charge is 0.353 e. The van der Waals surface area contributed by atoms with E-state index in [2.05, 4.69) is 28.6 Å². The fourth-order valence-electron chi connectivity index (χ4n) is 1.64. The third-order valence-corrected chi connectivity index (χ3v) is 4.00. The molecule has 1 aromatic heterocycles. The minimum absolute atomic E-state index is 0.108. The van der Waals surface area contributed by atoms with Crippen LogP contribution in [0.3, 0.4) is 0 Å². The van der Waals surface area contributed by atoms with Gasteiger partial charge in [-0.3, -0.25) is 4.79 Å². The lowest BCUT2D eigenvalue weighted by molar-refractivity contribution is -0.118. The lowest BCUT2D eigenvalue weighted by atomic mass is 10.1. The summed E-state index contributed by atoms with van der Waals surface area (Å²) in [7, 11) is 1.92. The number of rotatable bonds is 6. The molecule has 0 spiro atoms. The normalized spacial score (nSPS) is 16.3. The van der Waals surface area contributed by atoms with E-state index in [9.17, 15) is 4.79 Å². The Morgan fingerprint density at radius 3 is 3.06 bits per heavy atom. The minimum atomic E-state index is 0.108. The van der Waals surface area contributed by atoms with Gasteiger partial charge in [-0.1, -0.05) is 17.8 Å². The van der Waals surface area contributed by atoms with Crippen LogP contribution in [0.25, 0.3) is 0 Å². The molecule has 0 aliphatic heterocycles. The number of hydrogen-bond acceptors (Lipinski definition) is 4. The summed E-state index contributed by atoms with van der Waals surface area (Å²) >= 11 is 1.51. The van der Waals surface area contributed by atoms with Crippen molar-refractivity contribution in [3.63, 3.8) is 0 Å². The van der Waals surface area contributed by atoms with Crippen molar-refractivity contribution in [3.05, 3.63) is 23.9 Å². The summed E-state index contributed by atoms with van der Waals surface area (Å²) in [5.74, 6) is 0.549. The quantitative estimate of drug-likeness (QED) is 0.769. The number of nitrogens with zero attached hydrogens (tertiary/aromatic N) is 1. The van der Waals surface area contributed by atoms with Gasteiger partial charge in [0.15, 0.2) is 0 Å². The van der Waals surface area contributed by atoms with Crippen molar-refractivity contribution in [1.82, 2.24) is 15.6 Å². The van der Waals surface area contributed by atoms with Gasteiger partial charge in [-0.25, -0.2) is 4.98 Å². The Labute approximate surface area is 112 Å². The predicted molar refractivity (Wildman–Crippen MR) is 73.6 cm³/mol. The van der Waals surface area contributed by atoms with Crippen molar-refractivity contribution in [3.8, 4) is 0 Å². The highest BCUT2D eigenvalue weighted by atomic mass is 32.2. The van der Waals surface area contributed by atoms with Crippen LogP contribution in [-0.2, 0) is 4.79 Å². The molecule has 4 nitrogen and oxygen atoms in total. The highest BCUT2D eigenvalue weighted by molar-refractivity contribution is 7.99. The molecule has 1 aliphatic rings. The molecule has 1 fully saturated rings. The maximum atomic E-state index is 11.6. The fraction of sp³-hybridized carbons (Fsp3) is 0.538. The van der Waals surface area contributed by atoms with Crippen LogP contribution in [0.5, 0.6) is 0 Å². The molecule has 1 saturated carbocycles. The first-order valence-corrected chi connectivity index (χ1v) is 7.23. The van der Waals surface area contributed by atoms with E-state index in [4.69, 9.17) is 0 Å². The zero-order chi connectivity index (χ0) is 13.0. The molecular formula is C13H19N3OS. The van der Waals surface area contributed by atoms with Crippen LogP contribution in [0.1, 0.15) is 31.4 Å². The van der Waals surface area contributed by atoms with E-state index in [1.54, 1.807) is 6.20 Å². The second-order valence-electron chi connectivity index (χ2n) is 4.54. The average molecular weight is 265 g/mol. The van der Waals surface area contributed by atoms with Crippen molar-refractivity contribution in [2.45, 2.75) is 36.9 Å². The number of hydrogen-bond donors (Lipinski definition) is 2. The molecule has 0 bridgehead atoms. The molecule has 98 valence electrons. The van der Waals surface area contributed by atoms with Crippen molar-refractivity contribution in [2.75, 3.05) is 12.8 Å². The summed E-state index contributed by atoms with van der Waals surface area (Å²) in [6.45, 7) is 2.09. The number of aromatic nitrogens is 1. The molecule has 0 saturated heterocycles. The Hall–Kier alpha value is -1.07. The first-order chi connectivity index (χ1) is 8.70. The smallest absolute Gasteiger partial charge is 0.230 e. The van der Waals surface area contributed by atoms with Crippen molar-refractivity contribution >= 4 is 17.7 Å². The Bertz CT molecular complexity index is 420. The van der Waals surface area contributed by atoms with E-state index in [0.717, 1.165) is 23.4 Å². The first-order valence-electron chi connectivity index (χ1n) is 6.25. The second kappa shape index (κ2) is 6.20. The number of carbonyl (C=O) groups excluding carboxylic acids is 1. The van der Waals surface area contributed by atoms with E-state index < -0.39 is 0 Å². The van der Waals surface area contributed by atoms with Crippen LogP contribution in [0, 0.1) is 0 Å². The van der Waals surface area contributed by atoms with Crippen LogP contribution < -0.4 is 10.6 Å². The lowest BCUT2D eigenvalue weighted by Crippen LogP contribution is -2.27. The van der Waals surface area contributed by atoms with E-state index in [1.165, 1.54) is 11.8 Å². The lowest BCUT2D eigenvalue weighted by Gasteiger charge is -2.14. The molecule has 1 amide bonds. The predicted octanol–water partition coefficient (Wildman–Crippen LogP) is 1.73. The van der Waals surface area contributed by atoms with Crippen molar-refractivity contribution in [1.29, 1.82) is 0 Å². The van der Waals surface area contributed by atoms with Gasteiger partial charge in [0.2, 0.25) is 5.91 Å². The van der Waals surface area contributed by atoms with Gasteiger partial charge < -0.3 is 10.6 Å². The molecule has 2 rings (SSSR count). The molecular weight excluding hydrogens is 246 g/mol. The average Bonchev–Trinajstić information content (AvgIpc) is 3.19. The monoisotopic (exact) mass is 265 g/mol. The van der Waals surface area contributed by atoms with E-state index in [-0.39, 0.29) is 11.9 Å². The van der Waals surface area contributed by atoms with Gasteiger partial charge >= 0.3 is 0 Å². The fourth-order valence-corrected chi connectivity index (χ4v) is 2.54. The zero-order valence-corrected chi connectivity index (χ0v) is 11.6. The molecule has 1 atom stereocenters. The van der Waals surface area contributed by atoms with E-state index in [1.807, 2.05) is 13.1 Å². The molecule has 1 aliphatic carbocycles. The molecule has 0 aromatic carbocycles. The van der Waals surface area contributed by atoms with Crippen LogP contribution in [0.15, 0.2) is 23.4 Å². The van der Waals surface area contributed by atoms with E-state index >= 15 is 0 Å². The first kappa shape index (κ1) is 13.4. The second-order valence-corrected chi connectivity index (χ2v) is 5.50. The number of pyridine rings is 1. The number of nitrogens with one attached hydrogen (secondary N) is 2. The van der Waals surface area contributed by atoms with Crippen molar-refractivity contribution < 1.29 is 4.79 Å². The van der Waals surface area contributed by atoms with Gasteiger partial charge in [0.1, 0.15) is 5.03 Å². The number of carbonyl (C=O) groups is 1. The number of thioether (sulfide) groups is 1.